The molecule has 0 saturated heterocycles. The Hall–Kier alpha value is -1.75. The molecule has 5 nitrogen and oxygen atoms in total. The average Bonchev–Trinajstić information content (AvgIpc) is 2.95. The molecule has 0 amide bonds. The third-order valence-electron chi connectivity index (χ3n) is 3.07. The van der Waals surface area contributed by atoms with Crippen molar-refractivity contribution in [3.8, 4) is 11.4 Å². The number of hydrogen-bond acceptors (Lipinski definition) is 4. The van der Waals surface area contributed by atoms with Crippen molar-refractivity contribution in [2.45, 2.75) is 26.4 Å². The Balaban J connectivity index is 2.12. The lowest BCUT2D eigenvalue weighted by atomic mass is 10.1. The van der Waals surface area contributed by atoms with Crippen LogP contribution >= 0.6 is 0 Å². The maximum absolute atomic E-state index is 4.64. The number of nitrogens with one attached hydrogen (secondary N) is 1. The molecule has 17 heavy (non-hydrogen) atoms. The van der Waals surface area contributed by atoms with E-state index in [-0.39, 0.29) is 0 Å². The predicted molar refractivity (Wildman–Crippen MR) is 64.2 cm³/mol. The summed E-state index contributed by atoms with van der Waals surface area (Å²) in [5, 5.41) is 7.49. The summed E-state index contributed by atoms with van der Waals surface area (Å²) in [4.78, 5) is 9.26. The molecule has 5 heteroatoms. The van der Waals surface area contributed by atoms with Crippen molar-refractivity contribution in [2.24, 2.45) is 7.05 Å². The van der Waals surface area contributed by atoms with Gasteiger partial charge in [-0.25, -0.2) is 9.97 Å². The van der Waals surface area contributed by atoms with Crippen molar-refractivity contribution >= 4 is 0 Å². The van der Waals surface area contributed by atoms with Gasteiger partial charge in [-0.2, -0.15) is 5.10 Å². The fourth-order valence-electron chi connectivity index (χ4n) is 2.20. The van der Waals surface area contributed by atoms with Gasteiger partial charge >= 0.3 is 0 Å². The monoisotopic (exact) mass is 229 g/mol. The van der Waals surface area contributed by atoms with Crippen LogP contribution in [0.15, 0.2) is 12.4 Å². The number of fused-ring (bicyclic) bond motifs is 1. The molecule has 1 N–H and O–H groups in total. The first-order chi connectivity index (χ1) is 8.28. The minimum absolute atomic E-state index is 0.789. The Bertz CT molecular complexity index is 558. The predicted octanol–water partition coefficient (Wildman–Crippen LogP) is 1.04. The fraction of sp³-hybridized carbons (Fsp3) is 0.417. The summed E-state index contributed by atoms with van der Waals surface area (Å²) in [7, 11) is 1.90. The highest BCUT2D eigenvalue weighted by Crippen LogP contribution is 2.22. The van der Waals surface area contributed by atoms with Crippen molar-refractivity contribution in [2.75, 3.05) is 0 Å². The van der Waals surface area contributed by atoms with Crippen LogP contribution in [-0.4, -0.2) is 19.7 Å². The van der Waals surface area contributed by atoms with E-state index in [2.05, 4.69) is 27.3 Å². The zero-order chi connectivity index (χ0) is 11.8. The lowest BCUT2D eigenvalue weighted by Gasteiger charge is -2.06. The van der Waals surface area contributed by atoms with Crippen LogP contribution in [0, 0.1) is 0 Å². The second-order valence-corrected chi connectivity index (χ2v) is 4.28. The summed E-state index contributed by atoms with van der Waals surface area (Å²) in [6.45, 7) is 3.87. The van der Waals surface area contributed by atoms with Gasteiger partial charge in [0, 0.05) is 37.6 Å². The molecule has 1 aliphatic heterocycles. The van der Waals surface area contributed by atoms with Crippen molar-refractivity contribution in [1.82, 2.24) is 25.1 Å². The molecule has 0 aliphatic carbocycles. The quantitative estimate of drug-likeness (QED) is 0.836. The van der Waals surface area contributed by atoms with Gasteiger partial charge in [0.05, 0.1) is 17.5 Å². The number of rotatable bonds is 2. The van der Waals surface area contributed by atoms with Crippen LogP contribution < -0.4 is 5.32 Å². The molecule has 88 valence electrons. The van der Waals surface area contributed by atoms with Gasteiger partial charge in [0.15, 0.2) is 5.82 Å². The fourth-order valence-corrected chi connectivity index (χ4v) is 2.20. The minimum Gasteiger partial charge on any atom is -0.307 e. The first kappa shape index (κ1) is 10.4. The van der Waals surface area contributed by atoms with Gasteiger partial charge in [-0.15, -0.1) is 0 Å². The molecule has 2 aromatic heterocycles. The van der Waals surface area contributed by atoms with E-state index in [9.17, 15) is 0 Å². The van der Waals surface area contributed by atoms with Crippen molar-refractivity contribution in [3.63, 3.8) is 0 Å². The second kappa shape index (κ2) is 3.92. The highest BCUT2D eigenvalue weighted by Gasteiger charge is 2.18. The maximum Gasteiger partial charge on any atom is 0.162 e. The molecule has 1 aliphatic rings. The lowest BCUT2D eigenvalue weighted by Crippen LogP contribution is -2.02. The highest BCUT2D eigenvalue weighted by molar-refractivity contribution is 5.53. The molecule has 0 aromatic carbocycles. The zero-order valence-electron chi connectivity index (χ0n) is 10.1. The lowest BCUT2D eigenvalue weighted by molar-refractivity contribution is 0.755. The first-order valence-corrected chi connectivity index (χ1v) is 5.86. The van der Waals surface area contributed by atoms with E-state index in [1.54, 1.807) is 4.68 Å². The van der Waals surface area contributed by atoms with E-state index >= 15 is 0 Å². The molecule has 0 unspecified atom stereocenters. The summed E-state index contributed by atoms with van der Waals surface area (Å²) < 4.78 is 1.77. The Morgan fingerprint density at radius 3 is 2.94 bits per heavy atom. The molecule has 0 spiro atoms. The molecule has 0 radical (unpaired) electrons. The number of hydrogen-bond donors (Lipinski definition) is 1. The topological polar surface area (TPSA) is 55.6 Å². The van der Waals surface area contributed by atoms with E-state index in [1.807, 2.05) is 19.4 Å². The van der Waals surface area contributed by atoms with E-state index in [0.717, 1.165) is 42.3 Å². The molecule has 2 aromatic rings. The number of aryl methyl sites for hydroxylation is 2. The largest absolute Gasteiger partial charge is 0.307 e. The molecular weight excluding hydrogens is 214 g/mol. The number of aromatic nitrogens is 4. The SMILES string of the molecule is CCc1nc(-c2cnn(C)c2)nc2c1CNC2. The van der Waals surface area contributed by atoms with Gasteiger partial charge in [0.2, 0.25) is 0 Å². The van der Waals surface area contributed by atoms with Crippen LogP contribution in [0.4, 0.5) is 0 Å². The summed E-state index contributed by atoms with van der Waals surface area (Å²) in [5.41, 5.74) is 4.55. The third-order valence-corrected chi connectivity index (χ3v) is 3.07. The van der Waals surface area contributed by atoms with Crippen LogP contribution in [0.1, 0.15) is 23.9 Å². The summed E-state index contributed by atoms with van der Waals surface area (Å²) in [6.07, 6.45) is 4.70. The molecule has 0 saturated carbocycles. The van der Waals surface area contributed by atoms with E-state index in [0.29, 0.717) is 0 Å². The molecular formula is C12H15N5. The third kappa shape index (κ3) is 1.72. The van der Waals surface area contributed by atoms with Gasteiger partial charge in [-0.1, -0.05) is 6.92 Å². The normalized spacial score (nSPS) is 14.0. The van der Waals surface area contributed by atoms with E-state index < -0.39 is 0 Å². The first-order valence-electron chi connectivity index (χ1n) is 5.86. The Labute approximate surface area is 99.9 Å². The van der Waals surface area contributed by atoms with Gasteiger partial charge in [-0.3, -0.25) is 4.68 Å². The van der Waals surface area contributed by atoms with E-state index in [1.165, 1.54) is 5.56 Å². The molecule has 3 rings (SSSR count). The smallest absolute Gasteiger partial charge is 0.162 e. The highest BCUT2D eigenvalue weighted by atomic mass is 15.2. The van der Waals surface area contributed by atoms with E-state index in [4.69, 9.17) is 0 Å². The maximum atomic E-state index is 4.64. The van der Waals surface area contributed by atoms with Crippen molar-refractivity contribution in [3.05, 3.63) is 29.3 Å². The molecule has 0 bridgehead atoms. The average molecular weight is 229 g/mol. The zero-order valence-corrected chi connectivity index (χ0v) is 10.1. The van der Waals surface area contributed by atoms with Gasteiger partial charge in [0.25, 0.3) is 0 Å². The molecule has 3 heterocycles. The second-order valence-electron chi connectivity index (χ2n) is 4.28. The van der Waals surface area contributed by atoms with Gasteiger partial charge < -0.3 is 5.32 Å². The number of nitrogens with zero attached hydrogens (tertiary/aromatic N) is 4. The minimum atomic E-state index is 0.789. The Morgan fingerprint density at radius 2 is 2.24 bits per heavy atom. The van der Waals surface area contributed by atoms with Gasteiger partial charge in [-0.05, 0) is 6.42 Å². The van der Waals surface area contributed by atoms with Crippen LogP contribution in [0.5, 0.6) is 0 Å². The summed E-state index contributed by atoms with van der Waals surface area (Å²) in [5.74, 6) is 0.789. The Kier molecular flexibility index (Phi) is 2.40. The van der Waals surface area contributed by atoms with Gasteiger partial charge in [0.1, 0.15) is 0 Å². The Morgan fingerprint density at radius 1 is 1.35 bits per heavy atom. The van der Waals surface area contributed by atoms with Crippen molar-refractivity contribution in [1.29, 1.82) is 0 Å². The van der Waals surface area contributed by atoms with Crippen LogP contribution in [-0.2, 0) is 26.6 Å². The van der Waals surface area contributed by atoms with Crippen LogP contribution in [0.25, 0.3) is 11.4 Å². The van der Waals surface area contributed by atoms with Crippen LogP contribution in [0.3, 0.4) is 0 Å². The molecule has 0 fully saturated rings. The standard InChI is InChI=1S/C12H15N5/c1-3-10-9-5-13-6-11(9)16-12(15-10)8-4-14-17(2)7-8/h4,7,13H,3,5-6H2,1-2H3. The molecule has 0 atom stereocenters. The summed E-state index contributed by atoms with van der Waals surface area (Å²) in [6, 6.07) is 0. The van der Waals surface area contributed by atoms with Crippen LogP contribution in [0.2, 0.25) is 0 Å². The van der Waals surface area contributed by atoms with Crippen molar-refractivity contribution < 1.29 is 0 Å². The summed E-state index contributed by atoms with van der Waals surface area (Å²) >= 11 is 0.